The Labute approximate surface area is 250 Å². The number of aromatic nitrogens is 2. The molecule has 2 aromatic heterocycles. The summed E-state index contributed by atoms with van der Waals surface area (Å²) in [4.78, 5) is 38.1. The maximum absolute atomic E-state index is 13.6. The number of carbonyl (C=O) groups excluding carboxylic acids is 2. The first-order chi connectivity index (χ1) is 20.1. The zero-order valence-electron chi connectivity index (χ0n) is 24.5. The number of rotatable bonds is 3. The molecule has 42 heavy (non-hydrogen) atoms. The van der Waals surface area contributed by atoms with E-state index in [-0.39, 0.29) is 30.7 Å². The molecule has 224 valence electrons. The number of H-pyrrole nitrogens is 1. The van der Waals surface area contributed by atoms with Crippen LogP contribution in [0.3, 0.4) is 0 Å². The van der Waals surface area contributed by atoms with Crippen molar-refractivity contribution >= 4 is 34.6 Å². The summed E-state index contributed by atoms with van der Waals surface area (Å²) < 4.78 is 17.2. The van der Waals surface area contributed by atoms with Gasteiger partial charge in [0, 0.05) is 43.0 Å². The normalized spacial score (nSPS) is 23.1. The standard InChI is InChI=1S/C31H38ClN5O5/c1-18-15-40-8-7-37(18)30(39)36-6-5-19-9-20(21-11-23-25(32)13-34-28(23)33-12-21)10-22(24(19)14-36)26-16-41-17-27(35-26)29(38)42-31(2,3)4/h9-13,18,26-27,35H,5-8,14-17H2,1-4H3,(H,33,34). The number of ether oxygens (including phenoxy) is 3. The molecule has 3 aromatic rings. The summed E-state index contributed by atoms with van der Waals surface area (Å²) in [6, 6.07) is 5.55. The molecule has 6 rings (SSSR count). The number of benzene rings is 1. The van der Waals surface area contributed by atoms with Gasteiger partial charge in [-0.05, 0) is 68.5 Å². The number of esters is 1. The second-order valence-corrected chi connectivity index (χ2v) is 12.8. The summed E-state index contributed by atoms with van der Waals surface area (Å²) in [5.74, 6) is -0.341. The quantitative estimate of drug-likeness (QED) is 0.431. The molecule has 10 nitrogen and oxygen atoms in total. The first-order valence-electron chi connectivity index (χ1n) is 14.6. The van der Waals surface area contributed by atoms with Crippen molar-refractivity contribution < 1.29 is 23.8 Å². The predicted molar refractivity (Wildman–Crippen MR) is 159 cm³/mol. The number of morpholine rings is 2. The third-order valence-electron chi connectivity index (χ3n) is 8.11. The molecule has 3 atom stereocenters. The molecule has 0 spiro atoms. The van der Waals surface area contributed by atoms with Crippen LogP contribution in [0.15, 0.2) is 30.6 Å². The SMILES string of the molecule is CC1COCCN1C(=O)N1CCc2cc(-c3cnc4[nH]cc(Cl)c4c3)cc(C3COCC(C(=O)OC(C)(C)C)N3)c2C1. The second-order valence-electron chi connectivity index (χ2n) is 12.4. The number of halogens is 1. The maximum atomic E-state index is 13.6. The van der Waals surface area contributed by atoms with Gasteiger partial charge in [0.05, 0.1) is 43.5 Å². The number of urea groups is 1. The van der Waals surface area contributed by atoms with Crippen molar-refractivity contribution in [2.75, 3.05) is 39.5 Å². The summed E-state index contributed by atoms with van der Waals surface area (Å²) in [7, 11) is 0. The number of pyridine rings is 1. The van der Waals surface area contributed by atoms with Gasteiger partial charge in [0.25, 0.3) is 0 Å². The lowest BCUT2D eigenvalue weighted by molar-refractivity contribution is -0.161. The van der Waals surface area contributed by atoms with Crippen LogP contribution in [0.25, 0.3) is 22.2 Å². The number of amides is 2. The Morgan fingerprint density at radius 3 is 2.71 bits per heavy atom. The van der Waals surface area contributed by atoms with E-state index in [1.165, 1.54) is 5.56 Å². The van der Waals surface area contributed by atoms with E-state index in [9.17, 15) is 9.59 Å². The van der Waals surface area contributed by atoms with E-state index >= 15 is 0 Å². The van der Waals surface area contributed by atoms with E-state index in [1.807, 2.05) is 49.8 Å². The van der Waals surface area contributed by atoms with Crippen molar-refractivity contribution in [1.82, 2.24) is 25.1 Å². The van der Waals surface area contributed by atoms with Crippen LogP contribution in [0.2, 0.25) is 5.02 Å². The van der Waals surface area contributed by atoms with Gasteiger partial charge in [-0.1, -0.05) is 17.7 Å². The number of aromatic amines is 1. The van der Waals surface area contributed by atoms with Gasteiger partial charge in [0.1, 0.15) is 17.3 Å². The highest BCUT2D eigenvalue weighted by molar-refractivity contribution is 6.35. The van der Waals surface area contributed by atoms with E-state index in [1.54, 1.807) is 6.20 Å². The monoisotopic (exact) mass is 595 g/mol. The minimum atomic E-state index is -0.604. The van der Waals surface area contributed by atoms with Gasteiger partial charge in [-0.15, -0.1) is 0 Å². The van der Waals surface area contributed by atoms with Gasteiger partial charge in [-0.25, -0.2) is 9.78 Å². The maximum Gasteiger partial charge on any atom is 0.326 e. The average Bonchev–Trinajstić information content (AvgIpc) is 3.35. The smallest absolute Gasteiger partial charge is 0.326 e. The predicted octanol–water partition coefficient (Wildman–Crippen LogP) is 4.45. The molecular formula is C31H38ClN5O5. The van der Waals surface area contributed by atoms with Crippen LogP contribution in [-0.2, 0) is 32.0 Å². The molecule has 2 saturated heterocycles. The van der Waals surface area contributed by atoms with Gasteiger partial charge in [-0.3, -0.25) is 10.1 Å². The fourth-order valence-corrected chi connectivity index (χ4v) is 6.19. The lowest BCUT2D eigenvalue weighted by Crippen LogP contribution is -2.53. The zero-order chi connectivity index (χ0) is 29.6. The molecule has 0 aliphatic carbocycles. The Hall–Kier alpha value is -3.18. The van der Waals surface area contributed by atoms with Crippen molar-refractivity contribution in [1.29, 1.82) is 0 Å². The van der Waals surface area contributed by atoms with Gasteiger partial charge < -0.3 is 29.0 Å². The molecule has 3 aliphatic heterocycles. The van der Waals surface area contributed by atoms with E-state index in [0.29, 0.717) is 50.9 Å². The van der Waals surface area contributed by atoms with Crippen LogP contribution in [-0.4, -0.2) is 89.0 Å². The first-order valence-corrected chi connectivity index (χ1v) is 14.9. The lowest BCUT2D eigenvalue weighted by atomic mass is 9.87. The van der Waals surface area contributed by atoms with Crippen LogP contribution < -0.4 is 5.32 Å². The van der Waals surface area contributed by atoms with Crippen LogP contribution >= 0.6 is 11.6 Å². The minimum absolute atomic E-state index is 0.0279. The molecule has 0 radical (unpaired) electrons. The number of carbonyl (C=O) groups is 2. The molecule has 2 N–H and O–H groups in total. The molecule has 3 unspecified atom stereocenters. The van der Waals surface area contributed by atoms with Crippen molar-refractivity contribution in [3.63, 3.8) is 0 Å². The Bertz CT molecular complexity index is 1500. The first kappa shape index (κ1) is 28.9. The topological polar surface area (TPSA) is 109 Å². The molecule has 5 heterocycles. The molecule has 0 saturated carbocycles. The van der Waals surface area contributed by atoms with Gasteiger partial charge in [0.15, 0.2) is 0 Å². The largest absolute Gasteiger partial charge is 0.459 e. The van der Waals surface area contributed by atoms with E-state index in [4.69, 9.17) is 25.8 Å². The number of hydrogen-bond donors (Lipinski definition) is 2. The third-order valence-corrected chi connectivity index (χ3v) is 8.43. The van der Waals surface area contributed by atoms with Crippen LogP contribution in [0.1, 0.15) is 50.4 Å². The highest BCUT2D eigenvalue weighted by atomic mass is 35.5. The molecule has 11 heteroatoms. The third kappa shape index (κ3) is 5.86. The summed E-state index contributed by atoms with van der Waals surface area (Å²) in [6.07, 6.45) is 4.29. The van der Waals surface area contributed by atoms with Gasteiger partial charge in [-0.2, -0.15) is 0 Å². The highest BCUT2D eigenvalue weighted by Gasteiger charge is 2.35. The summed E-state index contributed by atoms with van der Waals surface area (Å²) in [5.41, 5.74) is 5.32. The molecule has 2 amide bonds. The zero-order valence-corrected chi connectivity index (χ0v) is 25.3. The number of hydrogen-bond acceptors (Lipinski definition) is 7. The number of fused-ring (bicyclic) bond motifs is 2. The van der Waals surface area contributed by atoms with Gasteiger partial charge >= 0.3 is 12.0 Å². The Kier molecular flexibility index (Phi) is 7.91. The molecule has 2 fully saturated rings. The Balaban J connectivity index is 1.36. The lowest BCUT2D eigenvalue weighted by Gasteiger charge is -2.40. The summed E-state index contributed by atoms with van der Waals surface area (Å²) in [6.45, 7) is 11.0. The summed E-state index contributed by atoms with van der Waals surface area (Å²) in [5, 5.41) is 4.97. The van der Waals surface area contributed by atoms with E-state index in [0.717, 1.165) is 33.3 Å². The summed E-state index contributed by atoms with van der Waals surface area (Å²) >= 11 is 6.42. The fourth-order valence-electron chi connectivity index (χ4n) is 5.99. The number of nitrogens with zero attached hydrogens (tertiary/aromatic N) is 3. The van der Waals surface area contributed by atoms with E-state index in [2.05, 4.69) is 27.4 Å². The van der Waals surface area contributed by atoms with Crippen molar-refractivity contribution in [2.45, 2.75) is 64.4 Å². The fraction of sp³-hybridized carbons (Fsp3) is 0.516. The van der Waals surface area contributed by atoms with Crippen LogP contribution in [0.4, 0.5) is 4.79 Å². The minimum Gasteiger partial charge on any atom is -0.459 e. The second kappa shape index (κ2) is 11.5. The Morgan fingerprint density at radius 1 is 1.10 bits per heavy atom. The van der Waals surface area contributed by atoms with Crippen LogP contribution in [0.5, 0.6) is 0 Å². The number of nitrogens with one attached hydrogen (secondary N) is 2. The molecule has 0 bridgehead atoms. The average molecular weight is 596 g/mol. The molecular weight excluding hydrogens is 558 g/mol. The van der Waals surface area contributed by atoms with Gasteiger partial charge in [0.2, 0.25) is 0 Å². The van der Waals surface area contributed by atoms with Crippen molar-refractivity contribution in [3.05, 3.63) is 52.3 Å². The highest BCUT2D eigenvalue weighted by Crippen LogP contribution is 2.36. The van der Waals surface area contributed by atoms with Crippen LogP contribution in [0, 0.1) is 0 Å². The molecule has 3 aliphatic rings. The van der Waals surface area contributed by atoms with E-state index < -0.39 is 11.6 Å². The van der Waals surface area contributed by atoms with Crippen molar-refractivity contribution in [3.8, 4) is 11.1 Å². The molecule has 1 aromatic carbocycles. The van der Waals surface area contributed by atoms with Crippen molar-refractivity contribution in [2.24, 2.45) is 0 Å². The Morgan fingerprint density at radius 2 is 1.93 bits per heavy atom.